The molecule has 1 nitrogen and oxygen atoms in total. The predicted molar refractivity (Wildman–Crippen MR) is 90.1 cm³/mol. The first-order chi connectivity index (χ1) is 9.84. The van der Waals surface area contributed by atoms with E-state index in [4.69, 9.17) is 0 Å². The lowest BCUT2D eigenvalue weighted by molar-refractivity contribution is -0.126. The van der Waals surface area contributed by atoms with Crippen molar-refractivity contribution in [1.29, 1.82) is 0 Å². The Morgan fingerprint density at radius 3 is 2.57 bits per heavy atom. The van der Waals surface area contributed by atoms with Crippen LogP contribution in [-0.4, -0.2) is 5.78 Å². The average molecular weight is 286 g/mol. The number of Topliss-reactive ketones (excluding diaryl/α,β-unsaturated/α-hetero) is 1. The number of hydrogen-bond donors (Lipinski definition) is 0. The van der Waals surface area contributed by atoms with Gasteiger partial charge in [0.25, 0.3) is 0 Å². The fourth-order valence-electron chi connectivity index (χ4n) is 4.05. The van der Waals surface area contributed by atoms with Crippen LogP contribution in [0.1, 0.15) is 66.2 Å². The minimum atomic E-state index is -0.185. The molecule has 1 heteroatoms. The molecule has 0 aromatic carbocycles. The molecule has 0 spiro atoms. The standard InChI is InChI=1S/C20H30O/c1-14(2)17-13-19(21)20(5)12-11-16(4)8-6-7-15(3)9-10-18(17)20/h7,11,17-18H,1,6,8-10,12-13H2,2-5H3/b15-7+,16-11+/t17-,18-,20+/m1/s1. The molecule has 2 aliphatic carbocycles. The summed E-state index contributed by atoms with van der Waals surface area (Å²) in [6.45, 7) is 12.9. The van der Waals surface area contributed by atoms with Gasteiger partial charge in [0.2, 0.25) is 0 Å². The van der Waals surface area contributed by atoms with E-state index < -0.39 is 0 Å². The van der Waals surface area contributed by atoms with Gasteiger partial charge in [-0.1, -0.05) is 42.4 Å². The largest absolute Gasteiger partial charge is 0.299 e. The minimum Gasteiger partial charge on any atom is -0.299 e. The highest BCUT2D eigenvalue weighted by Crippen LogP contribution is 2.51. The Hall–Kier alpha value is -1.11. The Balaban J connectivity index is 2.36. The van der Waals surface area contributed by atoms with E-state index in [9.17, 15) is 4.79 Å². The van der Waals surface area contributed by atoms with E-state index in [0.29, 0.717) is 24.0 Å². The Morgan fingerprint density at radius 2 is 1.90 bits per heavy atom. The SMILES string of the molecule is C=C(C)[C@H]1CC(=O)[C@@]2(C)C/C=C(\C)CC/C=C(\C)CC[C@H]12. The number of fused-ring (bicyclic) bond motifs is 1. The molecule has 2 aliphatic rings. The summed E-state index contributed by atoms with van der Waals surface area (Å²) in [7, 11) is 0. The number of hydrogen-bond acceptors (Lipinski definition) is 1. The van der Waals surface area contributed by atoms with Gasteiger partial charge in [-0.25, -0.2) is 0 Å². The van der Waals surface area contributed by atoms with E-state index in [1.807, 2.05) is 0 Å². The monoisotopic (exact) mass is 286 g/mol. The predicted octanol–water partition coefficient (Wildman–Crippen LogP) is 5.63. The van der Waals surface area contributed by atoms with Crippen molar-refractivity contribution in [1.82, 2.24) is 0 Å². The molecule has 116 valence electrons. The van der Waals surface area contributed by atoms with Gasteiger partial charge in [0.05, 0.1) is 0 Å². The van der Waals surface area contributed by atoms with Crippen LogP contribution in [0.4, 0.5) is 0 Å². The van der Waals surface area contributed by atoms with Gasteiger partial charge in [-0.15, -0.1) is 0 Å². The summed E-state index contributed by atoms with van der Waals surface area (Å²) >= 11 is 0. The van der Waals surface area contributed by atoms with E-state index in [1.54, 1.807) is 0 Å². The molecule has 2 rings (SSSR count). The molecule has 0 aromatic heterocycles. The summed E-state index contributed by atoms with van der Waals surface area (Å²) in [6, 6.07) is 0. The molecule has 0 N–H and O–H groups in total. The van der Waals surface area contributed by atoms with Gasteiger partial charge in [-0.3, -0.25) is 4.79 Å². The van der Waals surface area contributed by atoms with Crippen LogP contribution in [0.5, 0.6) is 0 Å². The topological polar surface area (TPSA) is 17.1 Å². The molecule has 0 aliphatic heterocycles. The van der Waals surface area contributed by atoms with Crippen LogP contribution in [0.2, 0.25) is 0 Å². The van der Waals surface area contributed by atoms with Crippen LogP contribution < -0.4 is 0 Å². The van der Waals surface area contributed by atoms with Crippen molar-refractivity contribution in [2.24, 2.45) is 17.3 Å². The van der Waals surface area contributed by atoms with Crippen LogP contribution in [0.3, 0.4) is 0 Å². The fraction of sp³-hybridized carbons (Fsp3) is 0.650. The van der Waals surface area contributed by atoms with Crippen molar-refractivity contribution in [3.63, 3.8) is 0 Å². The molecule has 0 bridgehead atoms. The maximum atomic E-state index is 12.7. The highest BCUT2D eigenvalue weighted by molar-refractivity contribution is 5.88. The van der Waals surface area contributed by atoms with E-state index in [1.165, 1.54) is 16.7 Å². The molecule has 0 amide bonds. The second-order valence-electron chi connectivity index (χ2n) is 7.49. The van der Waals surface area contributed by atoms with Crippen molar-refractivity contribution in [2.45, 2.75) is 66.2 Å². The molecule has 1 saturated carbocycles. The summed E-state index contributed by atoms with van der Waals surface area (Å²) in [5.41, 5.74) is 3.91. The molecule has 21 heavy (non-hydrogen) atoms. The first-order valence-electron chi connectivity index (χ1n) is 8.34. The van der Waals surface area contributed by atoms with Gasteiger partial charge in [0.15, 0.2) is 0 Å². The zero-order valence-corrected chi connectivity index (χ0v) is 14.2. The highest BCUT2D eigenvalue weighted by Gasteiger charge is 2.50. The minimum absolute atomic E-state index is 0.185. The molecule has 0 unspecified atom stereocenters. The molecular weight excluding hydrogens is 256 g/mol. The highest BCUT2D eigenvalue weighted by atomic mass is 16.1. The smallest absolute Gasteiger partial charge is 0.139 e. The first-order valence-corrected chi connectivity index (χ1v) is 8.34. The zero-order valence-electron chi connectivity index (χ0n) is 14.2. The van der Waals surface area contributed by atoms with E-state index in [2.05, 4.69) is 46.4 Å². The van der Waals surface area contributed by atoms with Crippen molar-refractivity contribution in [2.75, 3.05) is 0 Å². The van der Waals surface area contributed by atoms with Crippen molar-refractivity contribution in [3.05, 3.63) is 35.5 Å². The molecule has 0 heterocycles. The number of carbonyl (C=O) groups excluding carboxylic acids is 1. The van der Waals surface area contributed by atoms with Crippen LogP contribution in [0.15, 0.2) is 35.5 Å². The molecule has 1 fully saturated rings. The Labute approximate surface area is 130 Å². The number of allylic oxidation sites excluding steroid dienone is 5. The van der Waals surface area contributed by atoms with Crippen LogP contribution in [0.25, 0.3) is 0 Å². The van der Waals surface area contributed by atoms with Crippen molar-refractivity contribution < 1.29 is 4.79 Å². The lowest BCUT2D eigenvalue weighted by Crippen LogP contribution is -2.30. The molecular formula is C20H30O. The summed E-state index contributed by atoms with van der Waals surface area (Å²) in [4.78, 5) is 12.7. The van der Waals surface area contributed by atoms with Gasteiger partial charge in [0.1, 0.15) is 5.78 Å². The third-order valence-corrected chi connectivity index (χ3v) is 5.74. The van der Waals surface area contributed by atoms with Crippen molar-refractivity contribution >= 4 is 5.78 Å². The first kappa shape index (κ1) is 16.3. The Morgan fingerprint density at radius 1 is 1.24 bits per heavy atom. The lowest BCUT2D eigenvalue weighted by atomic mass is 9.70. The van der Waals surface area contributed by atoms with Crippen LogP contribution in [0, 0.1) is 17.3 Å². The number of carbonyl (C=O) groups is 1. The summed E-state index contributed by atoms with van der Waals surface area (Å²) in [5, 5.41) is 0. The summed E-state index contributed by atoms with van der Waals surface area (Å²) in [5.74, 6) is 1.28. The van der Waals surface area contributed by atoms with E-state index in [0.717, 1.165) is 32.1 Å². The van der Waals surface area contributed by atoms with Crippen LogP contribution >= 0.6 is 0 Å². The molecule has 0 saturated heterocycles. The molecule has 0 aromatic rings. The fourth-order valence-corrected chi connectivity index (χ4v) is 4.05. The van der Waals surface area contributed by atoms with Gasteiger partial charge in [-0.05, 0) is 64.7 Å². The Bertz CT molecular complexity index is 494. The molecule has 3 atom stereocenters. The average Bonchev–Trinajstić information content (AvgIpc) is 2.65. The van der Waals surface area contributed by atoms with Crippen LogP contribution in [-0.2, 0) is 4.79 Å². The van der Waals surface area contributed by atoms with Gasteiger partial charge in [0, 0.05) is 11.8 Å². The van der Waals surface area contributed by atoms with Crippen molar-refractivity contribution in [3.8, 4) is 0 Å². The van der Waals surface area contributed by atoms with Gasteiger partial charge >= 0.3 is 0 Å². The van der Waals surface area contributed by atoms with E-state index in [-0.39, 0.29) is 5.41 Å². The lowest BCUT2D eigenvalue weighted by Gasteiger charge is -2.32. The van der Waals surface area contributed by atoms with Gasteiger partial charge < -0.3 is 0 Å². The second kappa shape index (κ2) is 6.34. The zero-order chi connectivity index (χ0) is 15.6. The maximum Gasteiger partial charge on any atom is 0.139 e. The number of rotatable bonds is 1. The number of ketones is 1. The quantitative estimate of drug-likeness (QED) is 0.571. The second-order valence-corrected chi connectivity index (χ2v) is 7.49. The normalized spacial score (nSPS) is 39.5. The summed E-state index contributed by atoms with van der Waals surface area (Å²) in [6.07, 6.45) is 10.8. The Kier molecular flexibility index (Phi) is 4.91. The maximum absolute atomic E-state index is 12.7. The third kappa shape index (κ3) is 3.39. The molecule has 0 radical (unpaired) electrons. The van der Waals surface area contributed by atoms with Gasteiger partial charge in [-0.2, -0.15) is 0 Å². The summed E-state index contributed by atoms with van der Waals surface area (Å²) < 4.78 is 0. The third-order valence-electron chi connectivity index (χ3n) is 5.74. The van der Waals surface area contributed by atoms with E-state index >= 15 is 0 Å².